The van der Waals surface area contributed by atoms with E-state index in [1.165, 1.54) is 12.1 Å². The van der Waals surface area contributed by atoms with Crippen LogP contribution in [-0.2, 0) is 31.8 Å². The van der Waals surface area contributed by atoms with Gasteiger partial charge in [-0.15, -0.1) is 0 Å². The number of nitrogens with one attached hydrogen (secondary N) is 1. The predicted octanol–water partition coefficient (Wildman–Crippen LogP) is 0.421. The van der Waals surface area contributed by atoms with Gasteiger partial charge in [0.05, 0.1) is 0 Å². The Morgan fingerprint density at radius 3 is 2.53 bits per heavy atom. The summed E-state index contributed by atoms with van der Waals surface area (Å²) in [6.07, 6.45) is -0.516. The molecule has 4 atom stereocenters. The van der Waals surface area contributed by atoms with Gasteiger partial charge in [-0.2, -0.15) is 0 Å². The number of phenols is 2. The van der Waals surface area contributed by atoms with E-state index in [1.807, 2.05) is 0 Å². The van der Waals surface area contributed by atoms with Gasteiger partial charge in [0.1, 0.15) is 11.4 Å². The molecule has 1 aromatic carbocycles. The Labute approximate surface area is 174 Å². The van der Waals surface area contributed by atoms with Crippen LogP contribution in [-0.4, -0.2) is 76.9 Å². The highest BCUT2D eigenvalue weighted by atomic mass is 32.2. The third-order valence-electron chi connectivity index (χ3n) is 4.93. The van der Waals surface area contributed by atoms with Gasteiger partial charge in [0, 0.05) is 19.0 Å². The molecular formula is C18H24N2O9S. The fraction of sp³-hybridized carbons (Fsp3) is 0.500. The molecule has 2 amide bonds. The molecule has 1 aliphatic heterocycles. The molecule has 0 spiro atoms. The largest absolute Gasteiger partial charge is 0.504 e. The van der Waals surface area contributed by atoms with Crippen LogP contribution in [0.2, 0.25) is 0 Å². The zero-order valence-electron chi connectivity index (χ0n) is 16.4. The number of ether oxygens (including phenoxy) is 1. The number of carboxylic acids is 1. The maximum absolute atomic E-state index is 12.0. The van der Waals surface area contributed by atoms with E-state index in [4.69, 9.17) is 4.74 Å². The second kappa shape index (κ2) is 9.30. The first-order valence-electron chi connectivity index (χ1n) is 9.03. The van der Waals surface area contributed by atoms with Crippen LogP contribution in [0.15, 0.2) is 18.2 Å². The summed E-state index contributed by atoms with van der Waals surface area (Å²) >= 11 is -2.73. The number of rotatable bonds is 9. The molecule has 0 aliphatic carbocycles. The predicted molar refractivity (Wildman–Crippen MR) is 104 cm³/mol. The molecule has 1 aromatic rings. The minimum Gasteiger partial charge on any atom is -0.504 e. The zero-order chi connectivity index (χ0) is 22.6. The zero-order valence-corrected chi connectivity index (χ0v) is 17.2. The van der Waals surface area contributed by atoms with Crippen LogP contribution < -0.4 is 5.32 Å². The van der Waals surface area contributed by atoms with Crippen molar-refractivity contribution in [3.8, 4) is 11.5 Å². The topological polar surface area (TPSA) is 174 Å². The van der Waals surface area contributed by atoms with Crippen molar-refractivity contribution in [1.29, 1.82) is 0 Å². The minimum absolute atomic E-state index is 0.0893. The summed E-state index contributed by atoms with van der Waals surface area (Å²) in [7, 11) is 0. The van der Waals surface area contributed by atoms with E-state index in [0.717, 1.165) is 11.8 Å². The monoisotopic (exact) mass is 444 g/mol. The number of carbonyl (C=O) groups is 3. The van der Waals surface area contributed by atoms with Crippen molar-refractivity contribution >= 4 is 29.1 Å². The second-order valence-electron chi connectivity index (χ2n) is 7.23. The fourth-order valence-electron chi connectivity index (χ4n) is 3.18. The number of nitrogens with zero attached hydrogens (tertiary/aromatic N) is 1. The Kier molecular flexibility index (Phi) is 7.26. The summed E-state index contributed by atoms with van der Waals surface area (Å²) < 4.78 is 24.7. The fourth-order valence-corrected chi connectivity index (χ4v) is 3.75. The van der Waals surface area contributed by atoms with Crippen LogP contribution in [0.1, 0.15) is 25.8 Å². The number of aromatic hydroxyl groups is 2. The van der Waals surface area contributed by atoms with Crippen molar-refractivity contribution in [2.45, 2.75) is 43.5 Å². The molecule has 2 rings (SSSR count). The number of β-lactam (4-membered cyclic amide) rings is 1. The van der Waals surface area contributed by atoms with E-state index in [1.54, 1.807) is 13.0 Å². The molecule has 1 heterocycles. The summed E-state index contributed by atoms with van der Waals surface area (Å²) in [5.41, 5.74) is 0.628. The van der Waals surface area contributed by atoms with Crippen molar-refractivity contribution in [2.24, 2.45) is 0 Å². The van der Waals surface area contributed by atoms with E-state index >= 15 is 0 Å². The van der Waals surface area contributed by atoms with Crippen LogP contribution in [0.25, 0.3) is 0 Å². The number of likely N-dealkylation sites (tertiary alicyclic amines) is 1. The number of carbonyl (C=O) groups excluding carboxylic acids is 2. The smallest absolute Gasteiger partial charge is 0.407 e. The Morgan fingerprint density at radius 1 is 1.37 bits per heavy atom. The molecule has 5 N–H and O–H groups in total. The van der Waals surface area contributed by atoms with Gasteiger partial charge in [-0.3, -0.25) is 4.79 Å². The Bertz CT molecular complexity index is 862. The normalized spacial score (nSPS) is 19.9. The minimum atomic E-state index is -2.73. The summed E-state index contributed by atoms with van der Waals surface area (Å²) in [4.78, 5) is 36.6. The third kappa shape index (κ3) is 5.00. The summed E-state index contributed by atoms with van der Waals surface area (Å²) in [5, 5.41) is 30.7. The number of carboxylic acid groups (broad SMARTS) is 1. The first-order chi connectivity index (χ1) is 14.0. The number of phenolic OH excluding ortho intramolecular Hbond substituents is 2. The van der Waals surface area contributed by atoms with Gasteiger partial charge >= 0.3 is 12.1 Å². The number of hydrogen-bond donors (Lipinski definition) is 5. The number of aliphatic carboxylic acids is 1. The third-order valence-corrected chi connectivity index (χ3v) is 6.07. The Balaban J connectivity index is 1.97. The van der Waals surface area contributed by atoms with E-state index < -0.39 is 52.5 Å². The lowest BCUT2D eigenvalue weighted by atomic mass is 9.92. The van der Waals surface area contributed by atoms with Crippen molar-refractivity contribution in [3.05, 3.63) is 23.8 Å². The highest BCUT2D eigenvalue weighted by Crippen LogP contribution is 2.31. The maximum Gasteiger partial charge on any atom is 0.407 e. The quantitative estimate of drug-likeness (QED) is 0.205. The average Bonchev–Trinajstić information content (AvgIpc) is 2.66. The molecule has 0 saturated carbocycles. The van der Waals surface area contributed by atoms with Crippen molar-refractivity contribution in [1.82, 2.24) is 10.2 Å². The Morgan fingerprint density at radius 2 is 2.03 bits per heavy atom. The molecule has 0 bridgehead atoms. The van der Waals surface area contributed by atoms with Gasteiger partial charge in [-0.1, -0.05) is 6.07 Å². The Hall–Kier alpha value is -2.86. The highest BCUT2D eigenvalue weighted by molar-refractivity contribution is 7.80. The molecule has 30 heavy (non-hydrogen) atoms. The van der Waals surface area contributed by atoms with Gasteiger partial charge in [-0.25, -0.2) is 13.8 Å². The van der Waals surface area contributed by atoms with Crippen LogP contribution in [0.5, 0.6) is 11.5 Å². The van der Waals surface area contributed by atoms with Gasteiger partial charge in [-0.05, 0) is 38.0 Å². The molecule has 1 fully saturated rings. The molecule has 1 unspecified atom stereocenters. The molecule has 0 aromatic heterocycles. The lowest BCUT2D eigenvalue weighted by Crippen LogP contribution is -2.68. The molecule has 0 radical (unpaired) electrons. The summed E-state index contributed by atoms with van der Waals surface area (Å²) in [6, 6.07) is 2.12. The molecule has 1 saturated heterocycles. The van der Waals surface area contributed by atoms with Gasteiger partial charge in [0.25, 0.3) is 0 Å². The summed E-state index contributed by atoms with van der Waals surface area (Å²) in [6.45, 7) is 2.15. The first kappa shape index (κ1) is 23.4. The number of alkyl carbamates (subject to hydrolysis) is 1. The number of amides is 2. The average molecular weight is 444 g/mol. The van der Waals surface area contributed by atoms with Gasteiger partial charge in [0.15, 0.2) is 28.6 Å². The van der Waals surface area contributed by atoms with E-state index in [9.17, 15) is 38.5 Å². The van der Waals surface area contributed by atoms with Crippen LogP contribution in [0.4, 0.5) is 4.79 Å². The highest BCUT2D eigenvalue weighted by Gasteiger charge is 2.54. The lowest BCUT2D eigenvalue weighted by molar-refractivity contribution is -0.163. The molecule has 11 nitrogen and oxygen atoms in total. The number of benzene rings is 1. The lowest BCUT2D eigenvalue weighted by Gasteiger charge is -2.47. The van der Waals surface area contributed by atoms with Crippen molar-refractivity contribution < 1.29 is 43.2 Å². The summed E-state index contributed by atoms with van der Waals surface area (Å²) in [5.74, 6) is -2.51. The first-order valence-corrected chi connectivity index (χ1v) is 10.1. The second-order valence-corrected chi connectivity index (χ2v) is 8.66. The van der Waals surface area contributed by atoms with Gasteiger partial charge < -0.3 is 34.8 Å². The molecular weight excluding hydrogens is 420 g/mol. The van der Waals surface area contributed by atoms with E-state index in [-0.39, 0.29) is 24.5 Å². The van der Waals surface area contributed by atoms with Gasteiger partial charge in [0.2, 0.25) is 5.91 Å². The maximum atomic E-state index is 12.0. The van der Waals surface area contributed by atoms with E-state index in [0.29, 0.717) is 12.0 Å². The van der Waals surface area contributed by atoms with Crippen LogP contribution >= 0.6 is 0 Å². The molecule has 12 heteroatoms. The number of hydrogen-bond acceptors (Lipinski definition) is 7. The molecule has 1 aliphatic rings. The van der Waals surface area contributed by atoms with Crippen molar-refractivity contribution in [2.75, 3.05) is 13.2 Å². The molecule has 166 valence electrons. The van der Waals surface area contributed by atoms with Crippen LogP contribution in [0.3, 0.4) is 0 Å². The SMILES string of the molecule is C[C@@H]1CC(=O)N1[C@@H](C(=O)O)[C@](C)(COC(=O)NCCc1ccc(O)c(O)c1)S(=O)O. The van der Waals surface area contributed by atoms with E-state index in [2.05, 4.69) is 5.32 Å². The van der Waals surface area contributed by atoms with Crippen LogP contribution in [0, 0.1) is 0 Å². The standard InChI is InChI=1S/C18H24N2O9S/c1-10-7-14(23)20(10)15(16(24)25)18(2,30(27)28)9-29-17(26)19-6-5-11-3-4-12(21)13(22)8-11/h3-4,8,10,15,21-22H,5-7,9H2,1-2H3,(H,19,26)(H,24,25)(H,27,28)/t10-,15+,18+/m1/s1. The van der Waals surface area contributed by atoms with Crippen molar-refractivity contribution in [3.63, 3.8) is 0 Å².